The Morgan fingerprint density at radius 3 is 1.92 bits per heavy atom. The molecule has 12 heavy (non-hydrogen) atoms. The Bertz CT molecular complexity index is 289. The number of nitrogens with two attached hydrogens (primary N) is 1. The number of hydrogen-bond acceptors (Lipinski definition) is 1. The van der Waals surface area contributed by atoms with E-state index < -0.39 is 0 Å². The lowest BCUT2D eigenvalue weighted by atomic mass is 10.0. The molecule has 64 valence electrons. The highest BCUT2D eigenvalue weighted by Gasteiger charge is 1.95. The molecule has 1 aromatic carbocycles. The van der Waals surface area contributed by atoms with Crippen LogP contribution in [-0.2, 0) is 0 Å². The maximum atomic E-state index is 5.59. The maximum Gasteiger partial charge on any atom is 0.0314 e. The lowest BCUT2D eigenvalue weighted by molar-refractivity contribution is 1.36. The van der Waals surface area contributed by atoms with Crippen molar-refractivity contribution in [2.24, 2.45) is 0 Å². The Morgan fingerprint density at radius 1 is 1.00 bits per heavy atom. The topological polar surface area (TPSA) is 26.0 Å². The number of nitrogen functional groups attached to an aromatic ring is 1. The normalized spacial score (nSPS) is 9.58. The standard InChI is InChI=1S/C11H15N/c1-8(2)9(3)10-4-6-11(12)7-5-10/h4-7H,12H2,1-3H3. The van der Waals surface area contributed by atoms with Gasteiger partial charge in [-0.25, -0.2) is 0 Å². The van der Waals surface area contributed by atoms with Crippen LogP contribution in [0.5, 0.6) is 0 Å². The van der Waals surface area contributed by atoms with Crippen LogP contribution in [0, 0.1) is 0 Å². The maximum absolute atomic E-state index is 5.59. The molecule has 1 nitrogen and oxygen atoms in total. The van der Waals surface area contributed by atoms with E-state index in [1.165, 1.54) is 16.7 Å². The minimum Gasteiger partial charge on any atom is -0.399 e. The van der Waals surface area contributed by atoms with Gasteiger partial charge in [-0.2, -0.15) is 0 Å². The van der Waals surface area contributed by atoms with Gasteiger partial charge in [0.1, 0.15) is 0 Å². The summed E-state index contributed by atoms with van der Waals surface area (Å²) in [6.07, 6.45) is 0. The van der Waals surface area contributed by atoms with Crippen molar-refractivity contribution in [1.82, 2.24) is 0 Å². The van der Waals surface area contributed by atoms with Gasteiger partial charge in [0, 0.05) is 5.69 Å². The first kappa shape index (κ1) is 8.85. The molecule has 1 aromatic rings. The molecule has 1 heteroatoms. The number of allylic oxidation sites excluding steroid dienone is 2. The summed E-state index contributed by atoms with van der Waals surface area (Å²) < 4.78 is 0. The van der Waals surface area contributed by atoms with Gasteiger partial charge in [0.2, 0.25) is 0 Å². The largest absolute Gasteiger partial charge is 0.399 e. The lowest BCUT2D eigenvalue weighted by Crippen LogP contribution is -1.86. The molecular formula is C11H15N. The molecule has 0 atom stereocenters. The van der Waals surface area contributed by atoms with E-state index in [-0.39, 0.29) is 0 Å². The predicted molar refractivity (Wildman–Crippen MR) is 54.8 cm³/mol. The van der Waals surface area contributed by atoms with Crippen molar-refractivity contribution in [3.63, 3.8) is 0 Å². The lowest BCUT2D eigenvalue weighted by Gasteiger charge is -2.03. The van der Waals surface area contributed by atoms with Gasteiger partial charge in [-0.1, -0.05) is 17.7 Å². The fourth-order valence-electron chi connectivity index (χ4n) is 1.02. The SMILES string of the molecule is CC(C)=C(C)c1ccc(N)cc1. The van der Waals surface area contributed by atoms with E-state index in [4.69, 9.17) is 5.73 Å². The second kappa shape index (κ2) is 3.44. The van der Waals surface area contributed by atoms with E-state index in [2.05, 4.69) is 32.9 Å². The Labute approximate surface area is 73.9 Å². The number of anilines is 1. The fraction of sp³-hybridized carbons (Fsp3) is 0.273. The van der Waals surface area contributed by atoms with E-state index in [0.29, 0.717) is 0 Å². The molecule has 0 spiro atoms. The molecule has 0 aromatic heterocycles. The van der Waals surface area contributed by atoms with Crippen LogP contribution in [0.15, 0.2) is 29.8 Å². The van der Waals surface area contributed by atoms with E-state index in [0.717, 1.165) is 5.69 Å². The predicted octanol–water partition coefficient (Wildman–Crippen LogP) is 3.08. The van der Waals surface area contributed by atoms with E-state index >= 15 is 0 Å². The Kier molecular flexibility index (Phi) is 2.54. The summed E-state index contributed by atoms with van der Waals surface area (Å²) >= 11 is 0. The van der Waals surface area contributed by atoms with Crippen LogP contribution in [0.2, 0.25) is 0 Å². The molecule has 2 N–H and O–H groups in total. The van der Waals surface area contributed by atoms with Crippen molar-refractivity contribution in [2.45, 2.75) is 20.8 Å². The number of rotatable bonds is 1. The number of benzene rings is 1. The zero-order valence-electron chi connectivity index (χ0n) is 7.89. The Morgan fingerprint density at radius 2 is 1.50 bits per heavy atom. The highest BCUT2D eigenvalue weighted by atomic mass is 14.5. The summed E-state index contributed by atoms with van der Waals surface area (Å²) in [5.41, 5.74) is 10.3. The third-order valence-corrected chi connectivity index (χ3v) is 2.09. The summed E-state index contributed by atoms with van der Waals surface area (Å²) in [7, 11) is 0. The second-order valence-electron chi connectivity index (χ2n) is 3.25. The summed E-state index contributed by atoms with van der Waals surface area (Å²) in [6.45, 7) is 6.36. The van der Waals surface area contributed by atoms with Crippen LogP contribution in [-0.4, -0.2) is 0 Å². The third kappa shape index (κ3) is 1.88. The average molecular weight is 161 g/mol. The van der Waals surface area contributed by atoms with Gasteiger partial charge in [-0.05, 0) is 44.0 Å². The van der Waals surface area contributed by atoms with E-state index in [1.807, 2.05) is 12.1 Å². The number of hydrogen-bond donors (Lipinski definition) is 1. The van der Waals surface area contributed by atoms with Crippen LogP contribution < -0.4 is 5.73 Å². The Hall–Kier alpha value is -1.24. The summed E-state index contributed by atoms with van der Waals surface area (Å²) in [4.78, 5) is 0. The molecule has 0 unspecified atom stereocenters. The minimum absolute atomic E-state index is 0.820. The third-order valence-electron chi connectivity index (χ3n) is 2.09. The van der Waals surface area contributed by atoms with Crippen molar-refractivity contribution in [1.29, 1.82) is 0 Å². The molecule has 0 aliphatic rings. The molecule has 0 saturated heterocycles. The average Bonchev–Trinajstić information content (AvgIpc) is 2.04. The van der Waals surface area contributed by atoms with E-state index in [1.54, 1.807) is 0 Å². The van der Waals surface area contributed by atoms with Crippen LogP contribution in [0.1, 0.15) is 26.3 Å². The van der Waals surface area contributed by atoms with Crippen LogP contribution in [0.3, 0.4) is 0 Å². The van der Waals surface area contributed by atoms with Gasteiger partial charge in [0.15, 0.2) is 0 Å². The molecule has 0 amide bonds. The first-order valence-electron chi connectivity index (χ1n) is 4.11. The van der Waals surface area contributed by atoms with Crippen molar-refractivity contribution >= 4 is 11.3 Å². The quantitative estimate of drug-likeness (QED) is 0.629. The zero-order chi connectivity index (χ0) is 9.14. The van der Waals surface area contributed by atoms with Gasteiger partial charge in [0.25, 0.3) is 0 Å². The molecule has 0 radical (unpaired) electrons. The van der Waals surface area contributed by atoms with E-state index in [9.17, 15) is 0 Å². The highest BCUT2D eigenvalue weighted by Crippen LogP contribution is 2.18. The summed E-state index contributed by atoms with van der Waals surface area (Å²) in [5.74, 6) is 0. The molecule has 1 rings (SSSR count). The fourth-order valence-corrected chi connectivity index (χ4v) is 1.02. The Balaban J connectivity index is 3.06. The van der Waals surface area contributed by atoms with Crippen molar-refractivity contribution in [3.8, 4) is 0 Å². The second-order valence-corrected chi connectivity index (χ2v) is 3.25. The van der Waals surface area contributed by atoms with Gasteiger partial charge in [-0.3, -0.25) is 0 Å². The zero-order valence-corrected chi connectivity index (χ0v) is 7.89. The molecule has 0 heterocycles. The van der Waals surface area contributed by atoms with Crippen molar-refractivity contribution in [3.05, 3.63) is 35.4 Å². The molecule has 0 saturated carbocycles. The molecule has 0 fully saturated rings. The van der Waals surface area contributed by atoms with Gasteiger partial charge in [-0.15, -0.1) is 0 Å². The smallest absolute Gasteiger partial charge is 0.0314 e. The van der Waals surface area contributed by atoms with Crippen molar-refractivity contribution < 1.29 is 0 Å². The summed E-state index contributed by atoms with van der Waals surface area (Å²) in [5, 5.41) is 0. The van der Waals surface area contributed by atoms with Crippen LogP contribution in [0.4, 0.5) is 5.69 Å². The van der Waals surface area contributed by atoms with Crippen LogP contribution >= 0.6 is 0 Å². The first-order valence-corrected chi connectivity index (χ1v) is 4.11. The van der Waals surface area contributed by atoms with Crippen molar-refractivity contribution in [2.75, 3.05) is 5.73 Å². The summed E-state index contributed by atoms with van der Waals surface area (Å²) in [6, 6.07) is 7.97. The van der Waals surface area contributed by atoms with Crippen LogP contribution in [0.25, 0.3) is 5.57 Å². The van der Waals surface area contributed by atoms with Gasteiger partial charge < -0.3 is 5.73 Å². The molecule has 0 aliphatic carbocycles. The molecule has 0 bridgehead atoms. The minimum atomic E-state index is 0.820. The molecule has 0 aliphatic heterocycles. The first-order chi connectivity index (χ1) is 5.61. The van der Waals surface area contributed by atoms with Gasteiger partial charge in [0.05, 0.1) is 0 Å². The highest BCUT2D eigenvalue weighted by molar-refractivity contribution is 5.67. The van der Waals surface area contributed by atoms with Gasteiger partial charge >= 0.3 is 0 Å². The molecular weight excluding hydrogens is 146 g/mol. The monoisotopic (exact) mass is 161 g/mol.